The van der Waals surface area contributed by atoms with Crippen LogP contribution >= 0.6 is 11.3 Å². The Morgan fingerprint density at radius 3 is 2.85 bits per heavy atom. The molecule has 1 atom stereocenters. The first kappa shape index (κ1) is 19.2. The van der Waals surface area contributed by atoms with E-state index in [0.29, 0.717) is 13.2 Å². The number of nitrogens with zero attached hydrogens (tertiary/aromatic N) is 2. The molecule has 2 N–H and O–H groups in total. The third-order valence-electron chi connectivity index (χ3n) is 4.25. The largest absolute Gasteiger partial charge is 0.490 e. The zero-order valence-corrected chi connectivity index (χ0v) is 17.2. The van der Waals surface area contributed by atoms with Crippen molar-refractivity contribution < 1.29 is 9.15 Å². The molecule has 2 heterocycles. The van der Waals surface area contributed by atoms with Gasteiger partial charge in [-0.05, 0) is 39.8 Å². The van der Waals surface area contributed by atoms with Crippen LogP contribution in [0, 0.1) is 13.8 Å². The number of furan rings is 1. The zero-order valence-electron chi connectivity index (χ0n) is 16.4. The Bertz CT molecular complexity index is 945. The van der Waals surface area contributed by atoms with Gasteiger partial charge in [0.1, 0.15) is 5.76 Å². The van der Waals surface area contributed by atoms with Crippen LogP contribution in [0.3, 0.4) is 0 Å². The number of aromatic nitrogens is 1. The van der Waals surface area contributed by atoms with E-state index < -0.39 is 0 Å². The molecule has 0 amide bonds. The highest BCUT2D eigenvalue weighted by molar-refractivity contribution is 7.11. The minimum absolute atomic E-state index is 0.0395. The Hall–Kier alpha value is -2.54. The number of nitrogens with one attached hydrogen (secondary N) is 2. The van der Waals surface area contributed by atoms with E-state index >= 15 is 0 Å². The summed E-state index contributed by atoms with van der Waals surface area (Å²) in [5.74, 6) is 2.33. The summed E-state index contributed by atoms with van der Waals surface area (Å²) in [6.45, 7) is 9.37. The van der Waals surface area contributed by atoms with E-state index in [1.807, 2.05) is 52.0 Å². The number of hydrogen-bond donors (Lipinski definition) is 2. The maximum absolute atomic E-state index is 6.07. The van der Waals surface area contributed by atoms with Crippen molar-refractivity contribution in [1.82, 2.24) is 15.6 Å². The maximum atomic E-state index is 6.07. The predicted molar refractivity (Wildman–Crippen MR) is 111 cm³/mol. The highest BCUT2D eigenvalue weighted by Gasteiger charge is 2.16. The van der Waals surface area contributed by atoms with Crippen molar-refractivity contribution >= 4 is 28.3 Å². The normalized spacial score (nSPS) is 13.0. The van der Waals surface area contributed by atoms with Gasteiger partial charge in [0, 0.05) is 17.3 Å². The molecule has 144 valence electrons. The molecule has 1 unspecified atom stereocenters. The van der Waals surface area contributed by atoms with Crippen LogP contribution in [0.1, 0.15) is 41.2 Å². The third-order valence-corrected chi connectivity index (χ3v) is 5.32. The zero-order chi connectivity index (χ0) is 19.4. The number of aliphatic imine (C=N–C) groups is 1. The number of thiazole rings is 1. The van der Waals surface area contributed by atoms with Crippen LogP contribution in [0.15, 0.2) is 33.7 Å². The van der Waals surface area contributed by atoms with Gasteiger partial charge in [-0.25, -0.2) is 4.98 Å². The fraction of sp³-hybridized carbons (Fsp3) is 0.400. The van der Waals surface area contributed by atoms with Gasteiger partial charge in [0.25, 0.3) is 0 Å². The maximum Gasteiger partial charge on any atom is 0.191 e. The fourth-order valence-electron chi connectivity index (χ4n) is 2.91. The molecule has 27 heavy (non-hydrogen) atoms. The molecule has 1 aromatic carbocycles. The number of rotatable bonds is 6. The Kier molecular flexibility index (Phi) is 6.01. The van der Waals surface area contributed by atoms with Gasteiger partial charge in [0.2, 0.25) is 0 Å². The number of guanidine groups is 1. The van der Waals surface area contributed by atoms with Gasteiger partial charge in [-0.15, -0.1) is 11.3 Å². The standard InChI is InChI=1S/C20H26N4O2S/c1-6-25-16-9-7-8-15-10-17(26-19(15)16)12(2)24-20(21-5)22-11-18-13(3)23-14(4)27-18/h7-10,12H,6,11H2,1-5H3,(H2,21,22,24). The van der Waals surface area contributed by atoms with Crippen LogP contribution in [0.4, 0.5) is 0 Å². The summed E-state index contributed by atoms with van der Waals surface area (Å²) in [6, 6.07) is 7.93. The van der Waals surface area contributed by atoms with Gasteiger partial charge in [-0.2, -0.15) is 0 Å². The molecule has 3 aromatic rings. The molecule has 0 bridgehead atoms. The second-order valence-electron chi connectivity index (χ2n) is 6.29. The smallest absolute Gasteiger partial charge is 0.191 e. The molecular weight excluding hydrogens is 360 g/mol. The fourth-order valence-corrected chi connectivity index (χ4v) is 3.79. The number of para-hydroxylation sites is 1. The molecule has 0 fully saturated rings. The lowest BCUT2D eigenvalue weighted by Crippen LogP contribution is -2.38. The van der Waals surface area contributed by atoms with Crippen LogP contribution in [0.25, 0.3) is 11.0 Å². The average Bonchev–Trinajstić information content (AvgIpc) is 3.22. The molecule has 7 heteroatoms. The van der Waals surface area contributed by atoms with Crippen molar-refractivity contribution in [1.29, 1.82) is 0 Å². The molecule has 0 spiro atoms. The van der Waals surface area contributed by atoms with Crippen LogP contribution < -0.4 is 15.4 Å². The van der Waals surface area contributed by atoms with Crippen LogP contribution in [-0.2, 0) is 6.54 Å². The third kappa shape index (κ3) is 4.42. The Morgan fingerprint density at radius 1 is 1.37 bits per heavy atom. The molecule has 0 saturated heterocycles. The van der Waals surface area contributed by atoms with Crippen molar-refractivity contribution in [3.05, 3.63) is 45.6 Å². The van der Waals surface area contributed by atoms with Crippen molar-refractivity contribution in [2.45, 2.75) is 40.3 Å². The van der Waals surface area contributed by atoms with E-state index in [4.69, 9.17) is 9.15 Å². The van der Waals surface area contributed by atoms with Gasteiger partial charge in [-0.1, -0.05) is 12.1 Å². The summed E-state index contributed by atoms with van der Waals surface area (Å²) in [6.07, 6.45) is 0. The van der Waals surface area contributed by atoms with Crippen LogP contribution in [0.2, 0.25) is 0 Å². The Balaban J connectivity index is 1.69. The van der Waals surface area contributed by atoms with Gasteiger partial charge in [-0.3, -0.25) is 4.99 Å². The lowest BCUT2D eigenvalue weighted by atomic mass is 10.2. The lowest BCUT2D eigenvalue weighted by Gasteiger charge is -2.16. The summed E-state index contributed by atoms with van der Waals surface area (Å²) < 4.78 is 11.7. The molecule has 6 nitrogen and oxygen atoms in total. The first-order valence-corrected chi connectivity index (χ1v) is 9.88. The van der Waals surface area contributed by atoms with E-state index in [1.165, 1.54) is 4.88 Å². The monoisotopic (exact) mass is 386 g/mol. The van der Waals surface area contributed by atoms with Crippen LogP contribution in [-0.4, -0.2) is 24.6 Å². The molecule has 0 radical (unpaired) electrons. The second-order valence-corrected chi connectivity index (χ2v) is 7.58. The topological polar surface area (TPSA) is 71.7 Å². The quantitative estimate of drug-likeness (QED) is 0.487. The Labute approximate surface area is 163 Å². The van der Waals surface area contributed by atoms with E-state index in [-0.39, 0.29) is 6.04 Å². The molecule has 0 saturated carbocycles. The summed E-state index contributed by atoms with van der Waals surface area (Å²) in [4.78, 5) is 10.00. The first-order chi connectivity index (χ1) is 13.0. The van der Waals surface area contributed by atoms with E-state index in [0.717, 1.165) is 39.1 Å². The molecule has 0 aliphatic heterocycles. The van der Waals surface area contributed by atoms with Crippen molar-refractivity contribution in [2.24, 2.45) is 4.99 Å². The predicted octanol–water partition coefficient (Wildman–Crippen LogP) is 4.33. The number of fused-ring (bicyclic) bond motifs is 1. The van der Waals surface area contributed by atoms with E-state index in [9.17, 15) is 0 Å². The number of hydrogen-bond acceptors (Lipinski definition) is 5. The lowest BCUT2D eigenvalue weighted by molar-refractivity contribution is 0.336. The molecule has 0 aliphatic carbocycles. The van der Waals surface area contributed by atoms with Gasteiger partial charge >= 0.3 is 0 Å². The summed E-state index contributed by atoms with van der Waals surface area (Å²) in [5.41, 5.74) is 1.84. The molecular formula is C20H26N4O2S. The van der Waals surface area contributed by atoms with Gasteiger partial charge < -0.3 is 19.8 Å². The summed E-state index contributed by atoms with van der Waals surface area (Å²) in [5, 5.41) is 8.84. The number of benzene rings is 1. The highest BCUT2D eigenvalue weighted by atomic mass is 32.1. The summed E-state index contributed by atoms with van der Waals surface area (Å²) >= 11 is 1.70. The van der Waals surface area contributed by atoms with Crippen molar-refractivity contribution in [3.63, 3.8) is 0 Å². The first-order valence-electron chi connectivity index (χ1n) is 9.07. The SMILES string of the molecule is CCOc1cccc2cc(C(C)NC(=NC)NCc3sc(C)nc3C)oc12. The second kappa shape index (κ2) is 8.43. The van der Waals surface area contributed by atoms with Crippen LogP contribution in [0.5, 0.6) is 5.75 Å². The van der Waals surface area contributed by atoms with E-state index in [1.54, 1.807) is 18.4 Å². The molecule has 0 aliphatic rings. The minimum Gasteiger partial charge on any atom is -0.490 e. The van der Waals surface area contributed by atoms with Crippen molar-refractivity contribution in [2.75, 3.05) is 13.7 Å². The summed E-state index contributed by atoms with van der Waals surface area (Å²) in [7, 11) is 1.76. The van der Waals surface area contributed by atoms with Crippen molar-refractivity contribution in [3.8, 4) is 5.75 Å². The van der Waals surface area contributed by atoms with Gasteiger partial charge in [0.05, 0.1) is 29.9 Å². The Morgan fingerprint density at radius 2 is 2.19 bits per heavy atom. The molecule has 2 aromatic heterocycles. The highest BCUT2D eigenvalue weighted by Crippen LogP contribution is 2.31. The average molecular weight is 387 g/mol. The number of aryl methyl sites for hydroxylation is 2. The van der Waals surface area contributed by atoms with E-state index in [2.05, 4.69) is 20.6 Å². The minimum atomic E-state index is -0.0395. The molecule has 3 rings (SSSR count). The number of ether oxygens (including phenoxy) is 1. The van der Waals surface area contributed by atoms with Gasteiger partial charge in [0.15, 0.2) is 17.3 Å².